The minimum absolute atomic E-state index is 0.329. The first-order valence-electron chi connectivity index (χ1n) is 4.94. The van der Waals surface area contributed by atoms with Crippen LogP contribution in [0.25, 0.3) is 0 Å². The second kappa shape index (κ2) is 5.81. The maximum atomic E-state index is 11.2. The molecule has 0 aromatic carbocycles. The highest BCUT2D eigenvalue weighted by Gasteiger charge is 2.12. The van der Waals surface area contributed by atoms with Crippen LogP contribution >= 0.6 is 11.3 Å². The van der Waals surface area contributed by atoms with Crippen LogP contribution in [0.15, 0.2) is 6.20 Å². The minimum atomic E-state index is -0.329. The van der Waals surface area contributed by atoms with Crippen LogP contribution in [0.3, 0.4) is 0 Å². The van der Waals surface area contributed by atoms with Crippen molar-refractivity contribution in [3.63, 3.8) is 0 Å². The van der Waals surface area contributed by atoms with Gasteiger partial charge in [-0.2, -0.15) is 0 Å². The molecule has 16 heavy (non-hydrogen) atoms. The number of ether oxygens (including phenoxy) is 1. The van der Waals surface area contributed by atoms with E-state index >= 15 is 0 Å². The Morgan fingerprint density at radius 1 is 1.44 bits per heavy atom. The third-order valence-electron chi connectivity index (χ3n) is 2.09. The SMILES string of the molecule is COC(=O)c1cnc(N(C)CCN(C)C)s1. The van der Waals surface area contributed by atoms with Crippen LogP contribution in [0.1, 0.15) is 9.67 Å². The third kappa shape index (κ3) is 3.46. The summed E-state index contributed by atoms with van der Waals surface area (Å²) in [6.45, 7) is 1.82. The molecule has 0 bridgehead atoms. The fourth-order valence-corrected chi connectivity index (χ4v) is 1.90. The van der Waals surface area contributed by atoms with Crippen LogP contribution in [-0.2, 0) is 4.74 Å². The lowest BCUT2D eigenvalue weighted by Crippen LogP contribution is -2.28. The van der Waals surface area contributed by atoms with Crippen molar-refractivity contribution >= 4 is 22.4 Å². The lowest BCUT2D eigenvalue weighted by Gasteiger charge is -2.18. The first-order valence-corrected chi connectivity index (χ1v) is 5.76. The topological polar surface area (TPSA) is 45.7 Å². The maximum absolute atomic E-state index is 11.2. The van der Waals surface area contributed by atoms with E-state index in [1.165, 1.54) is 18.4 Å². The van der Waals surface area contributed by atoms with Crippen molar-refractivity contribution in [1.29, 1.82) is 0 Å². The van der Waals surface area contributed by atoms with Crippen molar-refractivity contribution in [3.8, 4) is 0 Å². The van der Waals surface area contributed by atoms with Crippen LogP contribution in [0.4, 0.5) is 5.13 Å². The zero-order valence-corrected chi connectivity index (χ0v) is 10.9. The van der Waals surface area contributed by atoms with Gasteiger partial charge in [-0.25, -0.2) is 9.78 Å². The van der Waals surface area contributed by atoms with E-state index in [1.54, 1.807) is 6.20 Å². The van der Waals surface area contributed by atoms with Crippen LogP contribution in [0.2, 0.25) is 0 Å². The molecule has 6 heteroatoms. The largest absolute Gasteiger partial charge is 0.465 e. The molecule has 0 unspecified atom stereocenters. The van der Waals surface area contributed by atoms with E-state index in [0.29, 0.717) is 4.88 Å². The number of esters is 1. The number of anilines is 1. The van der Waals surface area contributed by atoms with Gasteiger partial charge in [-0.1, -0.05) is 11.3 Å². The zero-order valence-electron chi connectivity index (χ0n) is 10.1. The summed E-state index contributed by atoms with van der Waals surface area (Å²) in [5.41, 5.74) is 0. The number of nitrogens with zero attached hydrogens (tertiary/aromatic N) is 3. The highest BCUT2D eigenvalue weighted by atomic mass is 32.1. The molecule has 0 radical (unpaired) electrons. The summed E-state index contributed by atoms with van der Waals surface area (Å²) < 4.78 is 4.63. The van der Waals surface area contributed by atoms with Gasteiger partial charge in [0.2, 0.25) is 0 Å². The number of thiazole rings is 1. The van der Waals surface area contributed by atoms with Gasteiger partial charge in [0.15, 0.2) is 5.13 Å². The van der Waals surface area contributed by atoms with Crippen molar-refractivity contribution in [2.45, 2.75) is 0 Å². The Bertz CT molecular complexity index is 352. The molecule has 0 atom stereocenters. The Morgan fingerprint density at radius 3 is 2.69 bits per heavy atom. The molecule has 5 nitrogen and oxygen atoms in total. The van der Waals surface area contributed by atoms with E-state index in [0.717, 1.165) is 18.2 Å². The molecule has 0 spiro atoms. The fraction of sp³-hybridized carbons (Fsp3) is 0.600. The Balaban J connectivity index is 2.59. The van der Waals surface area contributed by atoms with Gasteiger partial charge in [0.1, 0.15) is 4.88 Å². The summed E-state index contributed by atoms with van der Waals surface area (Å²) in [4.78, 5) is 20.1. The molecule has 0 saturated carbocycles. The first-order chi connectivity index (χ1) is 7.54. The first kappa shape index (κ1) is 12.9. The molecule has 1 aromatic rings. The number of methoxy groups -OCH3 is 1. The number of carbonyl (C=O) groups excluding carboxylic acids is 1. The Labute approximate surface area is 99.6 Å². The monoisotopic (exact) mass is 243 g/mol. The normalized spacial score (nSPS) is 10.6. The van der Waals surface area contributed by atoms with Crippen molar-refractivity contribution in [3.05, 3.63) is 11.1 Å². The molecular formula is C10H17N3O2S. The smallest absolute Gasteiger partial charge is 0.349 e. The van der Waals surface area contributed by atoms with Crippen LogP contribution in [0.5, 0.6) is 0 Å². The molecule has 90 valence electrons. The van der Waals surface area contributed by atoms with Gasteiger partial charge in [-0.15, -0.1) is 0 Å². The molecule has 1 rings (SSSR count). The van der Waals surface area contributed by atoms with E-state index in [-0.39, 0.29) is 5.97 Å². The standard InChI is InChI=1S/C10H17N3O2S/c1-12(2)5-6-13(3)10-11-7-8(16-10)9(14)15-4/h7H,5-6H2,1-4H3. The molecule has 1 aromatic heterocycles. The zero-order chi connectivity index (χ0) is 12.1. The van der Waals surface area contributed by atoms with Gasteiger partial charge in [-0.05, 0) is 14.1 Å². The summed E-state index contributed by atoms with van der Waals surface area (Å²) in [5, 5.41) is 0.835. The van der Waals surface area contributed by atoms with Crippen molar-refractivity contribution in [2.24, 2.45) is 0 Å². The summed E-state index contributed by atoms with van der Waals surface area (Å²) in [5.74, 6) is -0.329. The maximum Gasteiger partial charge on any atom is 0.349 e. The summed E-state index contributed by atoms with van der Waals surface area (Å²) in [6, 6.07) is 0. The molecule has 0 saturated heterocycles. The van der Waals surface area contributed by atoms with Crippen LogP contribution < -0.4 is 4.90 Å². The third-order valence-corrected chi connectivity index (χ3v) is 3.18. The molecule has 0 N–H and O–H groups in total. The quantitative estimate of drug-likeness (QED) is 0.720. The molecule has 0 aliphatic carbocycles. The Hall–Kier alpha value is -1.14. The lowest BCUT2D eigenvalue weighted by molar-refractivity contribution is 0.0606. The van der Waals surface area contributed by atoms with Crippen LogP contribution in [0, 0.1) is 0 Å². The van der Waals surface area contributed by atoms with Gasteiger partial charge in [0, 0.05) is 20.1 Å². The summed E-state index contributed by atoms with van der Waals surface area (Å²) in [6.07, 6.45) is 1.55. The lowest BCUT2D eigenvalue weighted by atomic mass is 10.5. The van der Waals surface area contributed by atoms with Crippen molar-refractivity contribution in [1.82, 2.24) is 9.88 Å². The molecule has 0 amide bonds. The minimum Gasteiger partial charge on any atom is -0.465 e. The van der Waals surface area contributed by atoms with E-state index in [2.05, 4.69) is 14.6 Å². The van der Waals surface area contributed by atoms with Crippen molar-refractivity contribution < 1.29 is 9.53 Å². The molecular weight excluding hydrogens is 226 g/mol. The van der Waals surface area contributed by atoms with Gasteiger partial charge in [0.05, 0.1) is 13.3 Å². The predicted octanol–water partition coefficient (Wildman–Crippen LogP) is 0.927. The number of aromatic nitrogens is 1. The molecule has 0 aliphatic rings. The van der Waals surface area contributed by atoms with Gasteiger partial charge < -0.3 is 14.5 Å². The molecule has 0 fully saturated rings. The van der Waals surface area contributed by atoms with E-state index < -0.39 is 0 Å². The van der Waals surface area contributed by atoms with E-state index in [4.69, 9.17) is 0 Å². The van der Waals surface area contributed by atoms with E-state index in [1.807, 2.05) is 26.0 Å². The van der Waals surface area contributed by atoms with Gasteiger partial charge >= 0.3 is 5.97 Å². The number of likely N-dealkylation sites (N-methyl/N-ethyl adjacent to an activating group) is 2. The average molecular weight is 243 g/mol. The molecule has 0 aliphatic heterocycles. The van der Waals surface area contributed by atoms with Crippen molar-refractivity contribution in [2.75, 3.05) is 46.2 Å². The predicted molar refractivity (Wildman–Crippen MR) is 65.3 cm³/mol. The van der Waals surface area contributed by atoms with Crippen LogP contribution in [-0.4, -0.2) is 57.2 Å². The second-order valence-corrected chi connectivity index (χ2v) is 4.73. The highest BCUT2D eigenvalue weighted by Crippen LogP contribution is 2.21. The summed E-state index contributed by atoms with van der Waals surface area (Å²) in [7, 11) is 7.38. The van der Waals surface area contributed by atoms with Gasteiger partial charge in [0.25, 0.3) is 0 Å². The second-order valence-electron chi connectivity index (χ2n) is 3.72. The highest BCUT2D eigenvalue weighted by molar-refractivity contribution is 7.17. The molecule has 1 heterocycles. The number of hydrogen-bond donors (Lipinski definition) is 0. The number of hydrogen-bond acceptors (Lipinski definition) is 6. The number of carbonyl (C=O) groups is 1. The van der Waals surface area contributed by atoms with E-state index in [9.17, 15) is 4.79 Å². The number of rotatable bonds is 5. The fourth-order valence-electron chi connectivity index (χ4n) is 1.08. The van der Waals surface area contributed by atoms with Gasteiger partial charge in [-0.3, -0.25) is 0 Å². The average Bonchev–Trinajstić information content (AvgIpc) is 2.74. The Morgan fingerprint density at radius 2 is 2.12 bits per heavy atom. The Kier molecular flexibility index (Phi) is 4.70. The summed E-state index contributed by atoms with van der Waals surface area (Å²) >= 11 is 1.35.